The van der Waals surface area contributed by atoms with Crippen LogP contribution in [0.1, 0.15) is 24.7 Å². The maximum atomic E-state index is 13.1. The topological polar surface area (TPSA) is 112 Å². The van der Waals surface area contributed by atoms with Crippen molar-refractivity contribution in [3.05, 3.63) is 60.1 Å². The van der Waals surface area contributed by atoms with Gasteiger partial charge in [0.25, 0.3) is 5.91 Å². The molecule has 1 fully saturated rings. The number of carbonyl (C=O) groups is 4. The minimum atomic E-state index is -1.20. The zero-order chi connectivity index (χ0) is 21.7. The molecule has 1 atom stereocenters. The fraction of sp³-hybridized carbons (Fsp3) is 0.333. The number of urea groups is 1. The highest BCUT2D eigenvalue weighted by Crippen LogP contribution is 2.32. The summed E-state index contributed by atoms with van der Waals surface area (Å²) in [5.41, 5.74) is -0.538. The molecule has 1 aromatic carbocycles. The molecule has 2 aromatic rings. The van der Waals surface area contributed by atoms with E-state index in [2.05, 4.69) is 10.6 Å². The van der Waals surface area contributed by atoms with Crippen molar-refractivity contribution in [2.75, 3.05) is 20.1 Å². The summed E-state index contributed by atoms with van der Waals surface area (Å²) in [6.45, 7) is 1.35. The van der Waals surface area contributed by atoms with Crippen LogP contribution in [-0.4, -0.2) is 53.7 Å². The molecule has 5 amide bonds. The van der Waals surface area contributed by atoms with E-state index in [9.17, 15) is 19.2 Å². The molecule has 158 valence electrons. The molecule has 1 saturated heterocycles. The smallest absolute Gasteiger partial charge is 0.325 e. The van der Waals surface area contributed by atoms with Gasteiger partial charge in [0.2, 0.25) is 11.8 Å². The van der Waals surface area contributed by atoms with Gasteiger partial charge in [-0.3, -0.25) is 19.3 Å². The van der Waals surface area contributed by atoms with Gasteiger partial charge < -0.3 is 20.0 Å². The van der Waals surface area contributed by atoms with Gasteiger partial charge >= 0.3 is 6.03 Å². The van der Waals surface area contributed by atoms with E-state index in [4.69, 9.17) is 4.42 Å². The molecule has 9 nitrogen and oxygen atoms in total. The van der Waals surface area contributed by atoms with E-state index in [-0.39, 0.29) is 19.0 Å². The molecule has 3 rings (SSSR count). The van der Waals surface area contributed by atoms with Crippen molar-refractivity contribution < 1.29 is 23.6 Å². The van der Waals surface area contributed by atoms with Crippen LogP contribution in [0.15, 0.2) is 53.1 Å². The number of furan rings is 1. The molecule has 30 heavy (non-hydrogen) atoms. The van der Waals surface area contributed by atoms with Gasteiger partial charge in [-0.15, -0.1) is 0 Å². The van der Waals surface area contributed by atoms with E-state index in [0.717, 1.165) is 4.90 Å². The summed E-state index contributed by atoms with van der Waals surface area (Å²) in [6, 6.07) is 11.7. The summed E-state index contributed by atoms with van der Waals surface area (Å²) in [7, 11) is 1.44. The Morgan fingerprint density at radius 3 is 2.53 bits per heavy atom. The first-order chi connectivity index (χ1) is 14.4. The lowest BCUT2D eigenvalue weighted by Crippen LogP contribution is -2.46. The number of nitrogens with zero attached hydrogens (tertiary/aromatic N) is 2. The van der Waals surface area contributed by atoms with Crippen LogP contribution in [-0.2, 0) is 26.5 Å². The summed E-state index contributed by atoms with van der Waals surface area (Å²) in [4.78, 5) is 52.2. The Bertz CT molecular complexity index is 928. The fourth-order valence-electron chi connectivity index (χ4n) is 3.35. The van der Waals surface area contributed by atoms with Gasteiger partial charge in [-0.05, 0) is 24.1 Å². The minimum Gasteiger partial charge on any atom is -0.467 e. The summed E-state index contributed by atoms with van der Waals surface area (Å²) >= 11 is 0. The van der Waals surface area contributed by atoms with Gasteiger partial charge in [-0.1, -0.05) is 37.3 Å². The van der Waals surface area contributed by atoms with Crippen molar-refractivity contribution in [1.82, 2.24) is 20.4 Å². The van der Waals surface area contributed by atoms with Crippen molar-refractivity contribution in [2.24, 2.45) is 0 Å². The highest BCUT2D eigenvalue weighted by Gasteiger charge is 2.51. The SMILES string of the molecule is CC[C@@]1(c2ccccc2)NC(=O)N(CC(=O)N(C)CC(=O)NCc2ccco2)C1=O. The monoisotopic (exact) mass is 412 g/mol. The number of hydrogen-bond donors (Lipinski definition) is 2. The quantitative estimate of drug-likeness (QED) is 0.633. The number of nitrogens with one attached hydrogen (secondary N) is 2. The lowest BCUT2D eigenvalue weighted by atomic mass is 9.87. The summed E-state index contributed by atoms with van der Waals surface area (Å²) in [6.07, 6.45) is 1.85. The van der Waals surface area contributed by atoms with Gasteiger partial charge in [-0.25, -0.2) is 4.79 Å². The highest BCUT2D eigenvalue weighted by atomic mass is 16.3. The van der Waals surface area contributed by atoms with E-state index in [1.165, 1.54) is 18.2 Å². The third kappa shape index (κ3) is 4.19. The third-order valence-corrected chi connectivity index (χ3v) is 5.11. The lowest BCUT2D eigenvalue weighted by Gasteiger charge is -2.26. The average molecular weight is 412 g/mol. The molecule has 0 aliphatic carbocycles. The van der Waals surface area contributed by atoms with Crippen LogP contribution in [0, 0.1) is 0 Å². The zero-order valence-electron chi connectivity index (χ0n) is 16.9. The van der Waals surface area contributed by atoms with Crippen molar-refractivity contribution in [3.8, 4) is 0 Å². The molecule has 1 aromatic heterocycles. The van der Waals surface area contributed by atoms with Crippen molar-refractivity contribution in [1.29, 1.82) is 0 Å². The Kier molecular flexibility index (Phi) is 6.20. The molecule has 0 radical (unpaired) electrons. The van der Waals surface area contributed by atoms with Gasteiger partial charge in [0.05, 0.1) is 19.4 Å². The van der Waals surface area contributed by atoms with Crippen molar-refractivity contribution in [3.63, 3.8) is 0 Å². The Hall–Kier alpha value is -3.62. The molecular weight excluding hydrogens is 388 g/mol. The first-order valence-corrected chi connectivity index (χ1v) is 9.60. The molecule has 9 heteroatoms. The zero-order valence-corrected chi connectivity index (χ0v) is 16.9. The number of benzene rings is 1. The van der Waals surface area contributed by atoms with Crippen molar-refractivity contribution >= 4 is 23.8 Å². The molecule has 1 aliphatic rings. The Morgan fingerprint density at radius 1 is 1.17 bits per heavy atom. The second-order valence-electron chi connectivity index (χ2n) is 7.05. The molecule has 0 spiro atoms. The number of carbonyl (C=O) groups excluding carboxylic acids is 4. The Morgan fingerprint density at radius 2 is 1.90 bits per heavy atom. The van der Waals surface area contributed by atoms with Crippen LogP contribution in [0.5, 0.6) is 0 Å². The molecule has 1 aliphatic heterocycles. The fourth-order valence-corrected chi connectivity index (χ4v) is 3.35. The second-order valence-corrected chi connectivity index (χ2v) is 7.05. The Labute approximate surface area is 174 Å². The highest BCUT2D eigenvalue weighted by molar-refractivity contribution is 6.09. The van der Waals surface area contributed by atoms with Crippen LogP contribution in [0.3, 0.4) is 0 Å². The van der Waals surface area contributed by atoms with Crippen LogP contribution in [0.4, 0.5) is 4.79 Å². The van der Waals surface area contributed by atoms with Gasteiger partial charge in [0.1, 0.15) is 17.8 Å². The molecule has 2 N–H and O–H groups in total. The lowest BCUT2D eigenvalue weighted by molar-refractivity contribution is -0.140. The maximum absolute atomic E-state index is 13.1. The maximum Gasteiger partial charge on any atom is 0.325 e. The van der Waals surface area contributed by atoms with Gasteiger partial charge in [-0.2, -0.15) is 0 Å². The summed E-state index contributed by atoms with van der Waals surface area (Å²) < 4.78 is 5.13. The third-order valence-electron chi connectivity index (χ3n) is 5.11. The van der Waals surface area contributed by atoms with E-state index in [0.29, 0.717) is 17.7 Å². The van der Waals surface area contributed by atoms with Crippen molar-refractivity contribution in [2.45, 2.75) is 25.4 Å². The summed E-state index contributed by atoms with van der Waals surface area (Å²) in [5.74, 6) is -0.794. The van der Waals surface area contributed by atoms with E-state index in [1.807, 2.05) is 6.07 Å². The summed E-state index contributed by atoms with van der Waals surface area (Å²) in [5, 5.41) is 5.37. The van der Waals surface area contributed by atoms with Crippen LogP contribution >= 0.6 is 0 Å². The van der Waals surface area contributed by atoms with Crippen LogP contribution < -0.4 is 10.6 Å². The standard InChI is InChI=1S/C21H24N4O5/c1-3-21(15-8-5-4-6-9-15)19(28)25(20(29)23-21)14-18(27)24(2)13-17(26)22-12-16-10-7-11-30-16/h4-11H,3,12-14H2,1-2H3,(H,22,26)(H,23,29)/t21-/m0/s1. The number of rotatable bonds is 8. The van der Waals surface area contributed by atoms with Gasteiger partial charge in [0.15, 0.2) is 0 Å². The Balaban J connectivity index is 1.61. The number of hydrogen-bond acceptors (Lipinski definition) is 5. The largest absolute Gasteiger partial charge is 0.467 e. The number of likely N-dealkylation sites (N-methyl/N-ethyl adjacent to an activating group) is 1. The number of imide groups is 1. The van der Waals surface area contributed by atoms with E-state index < -0.39 is 29.9 Å². The first-order valence-electron chi connectivity index (χ1n) is 9.60. The van der Waals surface area contributed by atoms with Gasteiger partial charge in [0, 0.05) is 7.05 Å². The van der Waals surface area contributed by atoms with Crippen LogP contribution in [0.25, 0.3) is 0 Å². The molecule has 0 unspecified atom stereocenters. The van der Waals surface area contributed by atoms with Crippen LogP contribution in [0.2, 0.25) is 0 Å². The molecule has 2 heterocycles. The normalized spacial score (nSPS) is 18.3. The van der Waals surface area contributed by atoms with E-state index in [1.54, 1.807) is 43.3 Å². The average Bonchev–Trinajstić information content (AvgIpc) is 3.35. The predicted octanol–water partition coefficient (Wildman–Crippen LogP) is 1.21. The molecule has 0 bridgehead atoms. The predicted molar refractivity (Wildman–Crippen MR) is 107 cm³/mol. The number of amides is 5. The minimum absolute atomic E-state index is 0.205. The molecular formula is C21H24N4O5. The molecule has 0 saturated carbocycles. The second kappa shape index (κ2) is 8.81. The first kappa shape index (κ1) is 21.1. The van der Waals surface area contributed by atoms with E-state index >= 15 is 0 Å².